The van der Waals surface area contributed by atoms with Gasteiger partial charge in [0.15, 0.2) is 11.5 Å². The van der Waals surface area contributed by atoms with Gasteiger partial charge in [-0.25, -0.2) is 0 Å². The maximum Gasteiger partial charge on any atom is 0.238 e. The fourth-order valence-electron chi connectivity index (χ4n) is 1.46. The summed E-state index contributed by atoms with van der Waals surface area (Å²) in [6, 6.07) is 3.23. The van der Waals surface area contributed by atoms with Crippen LogP contribution in [0, 0.1) is 12.3 Å². The van der Waals surface area contributed by atoms with Crippen molar-refractivity contribution in [2.24, 2.45) is 0 Å². The number of carbonyl (C=O) groups excluding carboxylic acids is 1. The molecular weight excluding hydrogens is 256 g/mol. The molecular formula is C12H11ClN2O3. The van der Waals surface area contributed by atoms with Crippen LogP contribution in [-0.4, -0.2) is 25.8 Å². The maximum atomic E-state index is 11.6. The Morgan fingerprint density at radius 2 is 2.17 bits per heavy atom. The molecule has 0 aliphatic carbocycles. The summed E-state index contributed by atoms with van der Waals surface area (Å²) >= 11 is 6.01. The SMILES string of the molecule is C#CCNCC(=O)Nc1cc2c(cc1Cl)OCO2. The van der Waals surface area contributed by atoms with Gasteiger partial charge in [0.1, 0.15) is 0 Å². The molecule has 0 fully saturated rings. The molecule has 1 aromatic carbocycles. The highest BCUT2D eigenvalue weighted by atomic mass is 35.5. The standard InChI is InChI=1S/C12H11ClN2O3/c1-2-3-14-6-12(16)15-9-5-11-10(4-8(9)13)17-7-18-11/h1,4-5,14H,3,6-7H2,(H,15,16). The van der Waals surface area contributed by atoms with E-state index in [2.05, 4.69) is 16.6 Å². The fourth-order valence-corrected chi connectivity index (χ4v) is 1.66. The van der Waals surface area contributed by atoms with Crippen molar-refractivity contribution in [1.29, 1.82) is 0 Å². The minimum atomic E-state index is -0.231. The van der Waals surface area contributed by atoms with Gasteiger partial charge in [-0.1, -0.05) is 17.5 Å². The Balaban J connectivity index is 2.01. The van der Waals surface area contributed by atoms with Crippen molar-refractivity contribution in [2.45, 2.75) is 0 Å². The molecule has 1 aliphatic rings. The van der Waals surface area contributed by atoms with Crippen LogP contribution in [0.25, 0.3) is 0 Å². The van der Waals surface area contributed by atoms with E-state index < -0.39 is 0 Å². The van der Waals surface area contributed by atoms with Crippen molar-refractivity contribution in [3.05, 3.63) is 17.2 Å². The lowest BCUT2D eigenvalue weighted by Crippen LogP contribution is -2.28. The van der Waals surface area contributed by atoms with Gasteiger partial charge in [-0.05, 0) is 0 Å². The first-order valence-electron chi connectivity index (χ1n) is 5.24. The van der Waals surface area contributed by atoms with Crippen LogP contribution in [0.3, 0.4) is 0 Å². The van der Waals surface area contributed by atoms with Gasteiger partial charge in [0, 0.05) is 12.1 Å². The molecule has 94 valence electrons. The van der Waals surface area contributed by atoms with Crippen molar-refractivity contribution in [1.82, 2.24) is 5.32 Å². The number of anilines is 1. The van der Waals surface area contributed by atoms with Crippen LogP contribution in [0.5, 0.6) is 11.5 Å². The lowest BCUT2D eigenvalue weighted by atomic mass is 10.2. The molecule has 6 heteroatoms. The minimum Gasteiger partial charge on any atom is -0.454 e. The van der Waals surface area contributed by atoms with Crippen LogP contribution in [0.1, 0.15) is 0 Å². The summed E-state index contributed by atoms with van der Waals surface area (Å²) in [7, 11) is 0. The second kappa shape index (κ2) is 5.63. The first-order valence-corrected chi connectivity index (χ1v) is 5.61. The van der Waals surface area contributed by atoms with Gasteiger partial charge in [0.05, 0.1) is 23.8 Å². The van der Waals surface area contributed by atoms with E-state index in [1.165, 1.54) is 0 Å². The molecule has 0 spiro atoms. The minimum absolute atomic E-state index is 0.120. The topological polar surface area (TPSA) is 59.6 Å². The van der Waals surface area contributed by atoms with Crippen LogP contribution in [0.4, 0.5) is 5.69 Å². The third-order valence-corrected chi connectivity index (χ3v) is 2.56. The molecule has 1 aromatic rings. The summed E-state index contributed by atoms with van der Waals surface area (Å²) in [5.74, 6) is 3.28. The smallest absolute Gasteiger partial charge is 0.238 e. The second-order valence-corrected chi connectivity index (χ2v) is 3.95. The molecule has 1 heterocycles. The number of rotatable bonds is 4. The third kappa shape index (κ3) is 2.86. The van der Waals surface area contributed by atoms with E-state index in [4.69, 9.17) is 27.5 Å². The van der Waals surface area contributed by atoms with Gasteiger partial charge >= 0.3 is 0 Å². The predicted octanol–water partition coefficient (Wildman–Crippen LogP) is 1.23. The van der Waals surface area contributed by atoms with E-state index in [9.17, 15) is 4.79 Å². The van der Waals surface area contributed by atoms with Crippen molar-refractivity contribution >= 4 is 23.2 Å². The molecule has 2 N–H and O–H groups in total. The number of benzene rings is 1. The number of terminal acetylenes is 1. The zero-order chi connectivity index (χ0) is 13.0. The Morgan fingerprint density at radius 3 is 2.89 bits per heavy atom. The van der Waals surface area contributed by atoms with Gasteiger partial charge in [-0.15, -0.1) is 6.42 Å². The highest BCUT2D eigenvalue weighted by Gasteiger charge is 2.17. The van der Waals surface area contributed by atoms with E-state index in [1.807, 2.05) is 0 Å². The Hall–Kier alpha value is -1.90. The molecule has 0 saturated carbocycles. The monoisotopic (exact) mass is 266 g/mol. The van der Waals surface area contributed by atoms with Crippen LogP contribution in [-0.2, 0) is 4.79 Å². The lowest BCUT2D eigenvalue weighted by Gasteiger charge is -2.08. The second-order valence-electron chi connectivity index (χ2n) is 3.54. The first-order chi connectivity index (χ1) is 8.70. The van der Waals surface area contributed by atoms with Crippen molar-refractivity contribution in [3.63, 3.8) is 0 Å². The highest BCUT2D eigenvalue weighted by molar-refractivity contribution is 6.34. The number of amides is 1. The van der Waals surface area contributed by atoms with Crippen LogP contribution < -0.4 is 20.1 Å². The van der Waals surface area contributed by atoms with Crippen LogP contribution in [0.15, 0.2) is 12.1 Å². The van der Waals surface area contributed by atoms with E-state index in [-0.39, 0.29) is 19.2 Å². The number of carbonyl (C=O) groups is 1. The average Bonchev–Trinajstić information content (AvgIpc) is 2.77. The molecule has 0 unspecified atom stereocenters. The van der Waals surface area contributed by atoms with E-state index in [1.54, 1.807) is 12.1 Å². The zero-order valence-electron chi connectivity index (χ0n) is 9.46. The lowest BCUT2D eigenvalue weighted by molar-refractivity contribution is -0.115. The zero-order valence-corrected chi connectivity index (χ0v) is 10.2. The first kappa shape index (κ1) is 12.6. The summed E-state index contributed by atoms with van der Waals surface area (Å²) in [5.41, 5.74) is 0.480. The molecule has 1 amide bonds. The molecule has 0 bridgehead atoms. The summed E-state index contributed by atoms with van der Waals surface area (Å²) in [6.07, 6.45) is 5.06. The Kier molecular flexibility index (Phi) is 3.92. The summed E-state index contributed by atoms with van der Waals surface area (Å²) in [4.78, 5) is 11.6. The third-order valence-electron chi connectivity index (χ3n) is 2.25. The normalized spacial score (nSPS) is 12.0. The van der Waals surface area contributed by atoms with Gasteiger partial charge in [-0.3, -0.25) is 10.1 Å². The largest absolute Gasteiger partial charge is 0.454 e. The number of ether oxygens (including phenoxy) is 2. The number of hydrogen-bond acceptors (Lipinski definition) is 4. The summed E-state index contributed by atoms with van der Waals surface area (Å²) in [5, 5.41) is 5.83. The predicted molar refractivity (Wildman–Crippen MR) is 67.9 cm³/mol. The van der Waals surface area contributed by atoms with E-state index >= 15 is 0 Å². The molecule has 5 nitrogen and oxygen atoms in total. The molecule has 1 aliphatic heterocycles. The number of halogens is 1. The number of fused-ring (bicyclic) bond motifs is 1. The molecule has 0 atom stereocenters. The summed E-state index contributed by atoms with van der Waals surface area (Å²) in [6.45, 7) is 0.615. The van der Waals surface area contributed by atoms with Gasteiger partial charge < -0.3 is 14.8 Å². The van der Waals surface area contributed by atoms with E-state index in [0.29, 0.717) is 28.8 Å². The molecule has 0 saturated heterocycles. The van der Waals surface area contributed by atoms with Crippen molar-refractivity contribution < 1.29 is 14.3 Å². The fraction of sp³-hybridized carbons (Fsp3) is 0.250. The maximum absolute atomic E-state index is 11.6. The van der Waals surface area contributed by atoms with Crippen LogP contribution >= 0.6 is 11.6 Å². The molecule has 2 rings (SSSR count). The Labute approximate surface area is 109 Å². The Morgan fingerprint density at radius 1 is 1.44 bits per heavy atom. The quantitative estimate of drug-likeness (QED) is 0.636. The van der Waals surface area contributed by atoms with Crippen molar-refractivity contribution in [2.75, 3.05) is 25.2 Å². The Bertz CT molecular complexity index is 511. The molecule has 0 aromatic heterocycles. The highest BCUT2D eigenvalue weighted by Crippen LogP contribution is 2.39. The molecule has 18 heavy (non-hydrogen) atoms. The summed E-state index contributed by atoms with van der Waals surface area (Å²) < 4.78 is 10.4. The average molecular weight is 267 g/mol. The number of hydrogen-bond donors (Lipinski definition) is 2. The van der Waals surface area contributed by atoms with E-state index in [0.717, 1.165) is 0 Å². The molecule has 0 radical (unpaired) electrons. The van der Waals surface area contributed by atoms with Gasteiger partial charge in [0.2, 0.25) is 12.7 Å². The van der Waals surface area contributed by atoms with Crippen molar-refractivity contribution in [3.8, 4) is 23.8 Å². The van der Waals surface area contributed by atoms with Gasteiger partial charge in [0.25, 0.3) is 0 Å². The van der Waals surface area contributed by atoms with Crippen LogP contribution in [0.2, 0.25) is 5.02 Å². The van der Waals surface area contributed by atoms with Gasteiger partial charge in [-0.2, -0.15) is 0 Å². The number of nitrogens with one attached hydrogen (secondary N) is 2.